The van der Waals surface area contributed by atoms with Crippen LogP contribution < -0.4 is 4.74 Å². The number of ether oxygens (including phenoxy) is 2. The van der Waals surface area contributed by atoms with Crippen LogP contribution in [-0.4, -0.2) is 23.7 Å². The van der Waals surface area contributed by atoms with Crippen LogP contribution in [0.3, 0.4) is 0 Å². The van der Waals surface area contributed by atoms with Gasteiger partial charge in [-0.25, -0.2) is 9.97 Å². The topological polar surface area (TPSA) is 44.2 Å². The van der Waals surface area contributed by atoms with E-state index in [-0.39, 0.29) is 0 Å². The van der Waals surface area contributed by atoms with Crippen LogP contribution in [0.15, 0.2) is 30.6 Å². The fourth-order valence-corrected chi connectivity index (χ4v) is 2.63. The number of fused-ring (bicyclic) bond motifs is 1. The van der Waals surface area contributed by atoms with Gasteiger partial charge < -0.3 is 9.47 Å². The lowest BCUT2D eigenvalue weighted by Crippen LogP contribution is -2.08. The van der Waals surface area contributed by atoms with Crippen LogP contribution in [0.25, 0.3) is 0 Å². The van der Waals surface area contributed by atoms with Crippen molar-refractivity contribution in [3.63, 3.8) is 0 Å². The van der Waals surface area contributed by atoms with Gasteiger partial charge in [0, 0.05) is 12.7 Å². The van der Waals surface area contributed by atoms with Crippen molar-refractivity contribution in [3.05, 3.63) is 47.4 Å². The lowest BCUT2D eigenvalue weighted by molar-refractivity contribution is 0.202. The van der Waals surface area contributed by atoms with E-state index in [1.54, 1.807) is 13.4 Å². The highest BCUT2D eigenvalue weighted by Gasteiger charge is 2.16. The summed E-state index contributed by atoms with van der Waals surface area (Å²) in [6.07, 6.45) is 6.96. The Labute approximate surface area is 125 Å². The highest BCUT2D eigenvalue weighted by Crippen LogP contribution is 2.29. The molecule has 110 valence electrons. The van der Waals surface area contributed by atoms with Crippen LogP contribution in [0.2, 0.25) is 0 Å². The first-order valence-corrected chi connectivity index (χ1v) is 7.45. The van der Waals surface area contributed by atoms with E-state index in [2.05, 4.69) is 22.1 Å². The Hall–Kier alpha value is -1.94. The molecule has 0 saturated heterocycles. The first-order valence-electron chi connectivity index (χ1n) is 7.45. The van der Waals surface area contributed by atoms with Gasteiger partial charge in [0.2, 0.25) is 5.88 Å². The van der Waals surface area contributed by atoms with Crippen LogP contribution in [0, 0.1) is 0 Å². The zero-order valence-corrected chi connectivity index (χ0v) is 12.3. The van der Waals surface area contributed by atoms with Crippen LogP contribution in [0.1, 0.15) is 29.7 Å². The number of methoxy groups -OCH3 is 1. The predicted octanol–water partition coefficient (Wildman–Crippen LogP) is 3.34. The number of rotatable bonds is 5. The molecule has 1 aromatic heterocycles. The molecule has 0 fully saturated rings. The van der Waals surface area contributed by atoms with Crippen molar-refractivity contribution in [2.45, 2.75) is 32.1 Å². The fraction of sp³-hybridized carbons (Fsp3) is 0.412. The maximum Gasteiger partial charge on any atom is 0.225 e. The molecule has 1 aliphatic rings. The number of hydrogen-bond donors (Lipinski definition) is 0. The second kappa shape index (κ2) is 6.68. The summed E-state index contributed by atoms with van der Waals surface area (Å²) in [6.45, 7) is 0.736. The fourth-order valence-electron chi connectivity index (χ4n) is 2.63. The Morgan fingerprint density at radius 1 is 1.05 bits per heavy atom. The molecule has 2 aromatic rings. The van der Waals surface area contributed by atoms with Crippen LogP contribution in [-0.2, 0) is 24.0 Å². The molecule has 0 aliphatic heterocycles. The van der Waals surface area contributed by atoms with E-state index in [1.165, 1.54) is 24.0 Å². The molecule has 0 saturated carbocycles. The van der Waals surface area contributed by atoms with E-state index < -0.39 is 0 Å². The SMILES string of the molecule is COCCc1ccc(Oc2ncnc3c2CCCC3)cc1. The summed E-state index contributed by atoms with van der Waals surface area (Å²) in [6, 6.07) is 8.12. The minimum absolute atomic E-state index is 0.712. The van der Waals surface area contributed by atoms with Crippen molar-refractivity contribution in [3.8, 4) is 11.6 Å². The summed E-state index contributed by atoms with van der Waals surface area (Å²) in [4.78, 5) is 8.67. The molecule has 0 amide bonds. The van der Waals surface area contributed by atoms with Crippen LogP contribution in [0.5, 0.6) is 11.6 Å². The van der Waals surface area contributed by atoms with E-state index in [0.29, 0.717) is 5.88 Å². The van der Waals surface area contributed by atoms with E-state index in [1.807, 2.05) is 12.1 Å². The van der Waals surface area contributed by atoms with E-state index in [9.17, 15) is 0 Å². The van der Waals surface area contributed by atoms with Gasteiger partial charge in [0.15, 0.2) is 0 Å². The van der Waals surface area contributed by atoms with Gasteiger partial charge in [0.1, 0.15) is 12.1 Å². The number of nitrogens with zero attached hydrogens (tertiary/aromatic N) is 2. The largest absolute Gasteiger partial charge is 0.439 e. The molecule has 4 heteroatoms. The molecule has 1 heterocycles. The van der Waals surface area contributed by atoms with Gasteiger partial charge >= 0.3 is 0 Å². The van der Waals surface area contributed by atoms with Crippen molar-refractivity contribution in [1.29, 1.82) is 0 Å². The first kappa shape index (κ1) is 14.0. The molecule has 0 N–H and O–H groups in total. The molecular weight excluding hydrogens is 264 g/mol. The van der Waals surface area contributed by atoms with Crippen LogP contribution >= 0.6 is 0 Å². The molecule has 21 heavy (non-hydrogen) atoms. The zero-order chi connectivity index (χ0) is 14.5. The molecule has 3 rings (SSSR count). The standard InChI is InChI=1S/C17H20N2O2/c1-20-11-10-13-6-8-14(9-7-13)21-17-15-4-2-3-5-16(15)18-12-19-17/h6-9,12H,2-5,10-11H2,1H3. The molecule has 0 atom stereocenters. The summed E-state index contributed by atoms with van der Waals surface area (Å²) in [5.41, 5.74) is 3.56. The smallest absolute Gasteiger partial charge is 0.225 e. The Morgan fingerprint density at radius 2 is 1.86 bits per heavy atom. The highest BCUT2D eigenvalue weighted by atomic mass is 16.5. The van der Waals surface area contributed by atoms with Crippen molar-refractivity contribution in [2.24, 2.45) is 0 Å². The maximum atomic E-state index is 5.95. The van der Waals surface area contributed by atoms with Gasteiger partial charge in [-0.05, 0) is 49.8 Å². The summed E-state index contributed by atoms with van der Waals surface area (Å²) in [5, 5.41) is 0. The molecule has 4 nitrogen and oxygen atoms in total. The quantitative estimate of drug-likeness (QED) is 0.844. The minimum atomic E-state index is 0.712. The maximum absolute atomic E-state index is 5.95. The van der Waals surface area contributed by atoms with Crippen molar-refractivity contribution >= 4 is 0 Å². The van der Waals surface area contributed by atoms with Gasteiger partial charge in [0.05, 0.1) is 12.3 Å². The molecule has 1 aliphatic carbocycles. The lowest BCUT2D eigenvalue weighted by Gasteiger charge is -2.17. The summed E-state index contributed by atoms with van der Waals surface area (Å²) < 4.78 is 11.0. The summed E-state index contributed by atoms with van der Waals surface area (Å²) >= 11 is 0. The predicted molar refractivity (Wildman–Crippen MR) is 80.8 cm³/mol. The van der Waals surface area contributed by atoms with Gasteiger partial charge in [-0.2, -0.15) is 0 Å². The number of hydrogen-bond acceptors (Lipinski definition) is 4. The number of aryl methyl sites for hydroxylation is 1. The Morgan fingerprint density at radius 3 is 2.67 bits per heavy atom. The Balaban J connectivity index is 1.74. The third-order valence-corrected chi connectivity index (χ3v) is 3.82. The van der Waals surface area contributed by atoms with Crippen molar-refractivity contribution < 1.29 is 9.47 Å². The summed E-state index contributed by atoms with van der Waals surface area (Å²) in [5.74, 6) is 1.53. The molecule has 0 radical (unpaired) electrons. The molecule has 1 aromatic carbocycles. The molecule has 0 unspecified atom stereocenters. The van der Waals surface area contributed by atoms with Gasteiger partial charge in [-0.3, -0.25) is 0 Å². The molecule has 0 spiro atoms. The third-order valence-electron chi connectivity index (χ3n) is 3.82. The molecule has 0 bridgehead atoms. The number of benzene rings is 1. The minimum Gasteiger partial charge on any atom is -0.439 e. The van der Waals surface area contributed by atoms with Crippen molar-refractivity contribution in [1.82, 2.24) is 9.97 Å². The Kier molecular flexibility index (Phi) is 4.46. The van der Waals surface area contributed by atoms with Gasteiger partial charge in [-0.15, -0.1) is 0 Å². The zero-order valence-electron chi connectivity index (χ0n) is 12.3. The lowest BCUT2D eigenvalue weighted by atomic mass is 9.97. The summed E-state index contributed by atoms with van der Waals surface area (Å²) in [7, 11) is 1.72. The van der Waals surface area contributed by atoms with Crippen LogP contribution in [0.4, 0.5) is 0 Å². The van der Waals surface area contributed by atoms with E-state index in [4.69, 9.17) is 9.47 Å². The highest BCUT2D eigenvalue weighted by molar-refractivity contribution is 5.36. The average molecular weight is 284 g/mol. The van der Waals surface area contributed by atoms with Crippen molar-refractivity contribution in [2.75, 3.05) is 13.7 Å². The molecular formula is C17H20N2O2. The van der Waals surface area contributed by atoms with Gasteiger partial charge in [-0.1, -0.05) is 12.1 Å². The first-order chi connectivity index (χ1) is 10.4. The third kappa shape index (κ3) is 3.39. The number of aromatic nitrogens is 2. The van der Waals surface area contributed by atoms with E-state index in [0.717, 1.165) is 37.3 Å². The van der Waals surface area contributed by atoms with E-state index >= 15 is 0 Å². The second-order valence-electron chi connectivity index (χ2n) is 5.30. The average Bonchev–Trinajstić information content (AvgIpc) is 2.55. The second-order valence-corrected chi connectivity index (χ2v) is 5.30. The van der Waals surface area contributed by atoms with Gasteiger partial charge in [0.25, 0.3) is 0 Å². The normalized spacial score (nSPS) is 13.8. The Bertz CT molecular complexity index is 596. The monoisotopic (exact) mass is 284 g/mol.